The van der Waals surface area contributed by atoms with Crippen LogP contribution in [0.1, 0.15) is 24.8 Å². The highest BCUT2D eigenvalue weighted by Gasteiger charge is 2.33. The standard InChI is InChI=1S/C15H18ClF3N2O2/c16-13-4-3-10(8-12(13)15(17,18)19)21-14(22)5-6-20-9-11-2-1-7-23-11/h3-4,8,11,20H,1-2,5-7,9H2,(H,21,22). The van der Waals surface area contributed by atoms with Crippen LogP contribution in [0.2, 0.25) is 5.02 Å². The van der Waals surface area contributed by atoms with Crippen molar-refractivity contribution in [3.8, 4) is 0 Å². The Morgan fingerprint density at radius 3 is 2.83 bits per heavy atom. The van der Waals surface area contributed by atoms with Crippen LogP contribution in [0.3, 0.4) is 0 Å². The summed E-state index contributed by atoms with van der Waals surface area (Å²) in [5.41, 5.74) is -0.890. The van der Waals surface area contributed by atoms with Gasteiger partial charge in [0.1, 0.15) is 0 Å². The molecule has 2 rings (SSSR count). The second-order valence-electron chi connectivity index (χ2n) is 5.33. The van der Waals surface area contributed by atoms with Crippen molar-refractivity contribution in [2.24, 2.45) is 0 Å². The van der Waals surface area contributed by atoms with Crippen molar-refractivity contribution >= 4 is 23.2 Å². The van der Waals surface area contributed by atoms with Crippen LogP contribution >= 0.6 is 11.6 Å². The van der Waals surface area contributed by atoms with Crippen LogP contribution in [0.15, 0.2) is 18.2 Å². The average Bonchev–Trinajstić information content (AvgIpc) is 2.98. The van der Waals surface area contributed by atoms with E-state index >= 15 is 0 Å². The summed E-state index contributed by atoms with van der Waals surface area (Å²) in [6.45, 7) is 1.88. The van der Waals surface area contributed by atoms with Gasteiger partial charge < -0.3 is 15.4 Å². The highest BCUT2D eigenvalue weighted by molar-refractivity contribution is 6.31. The Morgan fingerprint density at radius 2 is 2.17 bits per heavy atom. The van der Waals surface area contributed by atoms with Gasteiger partial charge in [-0.25, -0.2) is 0 Å². The van der Waals surface area contributed by atoms with Gasteiger partial charge in [-0.05, 0) is 31.0 Å². The van der Waals surface area contributed by atoms with Crippen LogP contribution in [0.25, 0.3) is 0 Å². The second kappa shape index (κ2) is 7.99. The first-order valence-electron chi connectivity index (χ1n) is 7.35. The van der Waals surface area contributed by atoms with E-state index < -0.39 is 16.8 Å². The smallest absolute Gasteiger partial charge is 0.377 e. The summed E-state index contributed by atoms with van der Waals surface area (Å²) in [7, 11) is 0. The van der Waals surface area contributed by atoms with Crippen LogP contribution in [0.5, 0.6) is 0 Å². The number of ether oxygens (including phenoxy) is 1. The third kappa shape index (κ3) is 5.67. The minimum Gasteiger partial charge on any atom is -0.377 e. The van der Waals surface area contributed by atoms with Crippen LogP contribution in [0, 0.1) is 0 Å². The lowest BCUT2D eigenvalue weighted by atomic mass is 10.2. The summed E-state index contributed by atoms with van der Waals surface area (Å²) in [4.78, 5) is 11.8. The van der Waals surface area contributed by atoms with E-state index in [1.807, 2.05) is 0 Å². The lowest BCUT2D eigenvalue weighted by molar-refractivity contribution is -0.137. The average molecular weight is 351 g/mol. The minimum absolute atomic E-state index is 0.0749. The highest BCUT2D eigenvalue weighted by atomic mass is 35.5. The number of amides is 1. The molecule has 1 aliphatic heterocycles. The normalized spacial score (nSPS) is 18.2. The molecule has 1 atom stereocenters. The lowest BCUT2D eigenvalue weighted by Crippen LogP contribution is -2.29. The van der Waals surface area contributed by atoms with Gasteiger partial charge in [-0.1, -0.05) is 11.6 Å². The maximum atomic E-state index is 12.7. The largest absolute Gasteiger partial charge is 0.417 e. The van der Waals surface area contributed by atoms with E-state index in [0.29, 0.717) is 13.1 Å². The summed E-state index contributed by atoms with van der Waals surface area (Å²) in [6.07, 6.45) is -2.16. The van der Waals surface area contributed by atoms with E-state index in [2.05, 4.69) is 10.6 Å². The molecule has 4 nitrogen and oxygen atoms in total. The SMILES string of the molecule is O=C(CCNCC1CCCO1)Nc1ccc(Cl)c(C(F)(F)F)c1. The van der Waals surface area contributed by atoms with E-state index in [0.717, 1.165) is 31.6 Å². The van der Waals surface area contributed by atoms with Gasteiger partial charge in [-0.3, -0.25) is 4.79 Å². The summed E-state index contributed by atoms with van der Waals surface area (Å²) in [5, 5.41) is 5.15. The number of carbonyl (C=O) groups is 1. The molecule has 1 heterocycles. The van der Waals surface area contributed by atoms with E-state index in [1.165, 1.54) is 6.07 Å². The molecule has 128 valence electrons. The van der Waals surface area contributed by atoms with Crippen molar-refractivity contribution in [3.63, 3.8) is 0 Å². The molecule has 0 bridgehead atoms. The van der Waals surface area contributed by atoms with Crippen molar-refractivity contribution in [3.05, 3.63) is 28.8 Å². The van der Waals surface area contributed by atoms with Gasteiger partial charge in [-0.2, -0.15) is 13.2 Å². The van der Waals surface area contributed by atoms with Crippen molar-refractivity contribution in [1.29, 1.82) is 0 Å². The fourth-order valence-corrected chi connectivity index (χ4v) is 2.54. The Kier molecular flexibility index (Phi) is 6.26. The summed E-state index contributed by atoms with van der Waals surface area (Å²) >= 11 is 5.53. The Morgan fingerprint density at radius 1 is 1.39 bits per heavy atom. The molecule has 0 saturated carbocycles. The molecule has 1 amide bonds. The van der Waals surface area contributed by atoms with E-state index in [1.54, 1.807) is 0 Å². The fourth-order valence-electron chi connectivity index (χ4n) is 2.31. The maximum absolute atomic E-state index is 12.7. The van der Waals surface area contributed by atoms with Gasteiger partial charge in [0, 0.05) is 31.8 Å². The molecular weight excluding hydrogens is 333 g/mol. The first-order chi connectivity index (χ1) is 10.9. The number of nitrogens with one attached hydrogen (secondary N) is 2. The lowest BCUT2D eigenvalue weighted by Gasteiger charge is -2.12. The predicted octanol–water partition coefficient (Wildman–Crippen LogP) is 3.46. The summed E-state index contributed by atoms with van der Waals surface area (Å²) in [6, 6.07) is 3.30. The Labute approximate surface area is 137 Å². The molecule has 1 aliphatic rings. The monoisotopic (exact) mass is 350 g/mol. The molecule has 1 fully saturated rings. The molecule has 2 N–H and O–H groups in total. The van der Waals surface area contributed by atoms with Gasteiger partial charge in [0.15, 0.2) is 0 Å². The highest BCUT2D eigenvalue weighted by Crippen LogP contribution is 2.36. The fraction of sp³-hybridized carbons (Fsp3) is 0.533. The number of benzene rings is 1. The number of anilines is 1. The molecule has 8 heteroatoms. The van der Waals surface area contributed by atoms with E-state index in [9.17, 15) is 18.0 Å². The third-order valence-electron chi connectivity index (χ3n) is 3.48. The third-order valence-corrected chi connectivity index (χ3v) is 3.81. The van der Waals surface area contributed by atoms with Gasteiger partial charge in [0.2, 0.25) is 5.91 Å². The molecule has 0 aromatic heterocycles. The van der Waals surface area contributed by atoms with Crippen molar-refractivity contribution in [1.82, 2.24) is 5.32 Å². The zero-order valence-corrected chi connectivity index (χ0v) is 13.1. The van der Waals surface area contributed by atoms with Crippen LogP contribution < -0.4 is 10.6 Å². The predicted molar refractivity (Wildman–Crippen MR) is 81.5 cm³/mol. The number of hydrogen-bond donors (Lipinski definition) is 2. The zero-order chi connectivity index (χ0) is 16.9. The molecule has 0 aliphatic carbocycles. The molecule has 1 unspecified atom stereocenters. The molecule has 1 saturated heterocycles. The topological polar surface area (TPSA) is 50.4 Å². The van der Waals surface area contributed by atoms with E-state index in [4.69, 9.17) is 16.3 Å². The Hall–Kier alpha value is -1.31. The van der Waals surface area contributed by atoms with Crippen molar-refractivity contribution in [2.75, 3.05) is 25.0 Å². The van der Waals surface area contributed by atoms with Crippen molar-refractivity contribution < 1.29 is 22.7 Å². The van der Waals surface area contributed by atoms with E-state index in [-0.39, 0.29) is 24.1 Å². The number of rotatable bonds is 6. The number of alkyl halides is 3. The molecule has 1 aromatic carbocycles. The Bertz CT molecular complexity index is 546. The van der Waals surface area contributed by atoms with Gasteiger partial charge in [-0.15, -0.1) is 0 Å². The first kappa shape index (κ1) is 18.0. The van der Waals surface area contributed by atoms with Gasteiger partial charge >= 0.3 is 6.18 Å². The maximum Gasteiger partial charge on any atom is 0.417 e. The molecule has 1 aromatic rings. The number of carbonyl (C=O) groups excluding carboxylic acids is 1. The zero-order valence-electron chi connectivity index (χ0n) is 12.4. The number of hydrogen-bond acceptors (Lipinski definition) is 3. The molecule has 0 radical (unpaired) electrons. The quantitative estimate of drug-likeness (QED) is 0.773. The second-order valence-corrected chi connectivity index (χ2v) is 5.74. The summed E-state index contributed by atoms with van der Waals surface area (Å²) < 4.78 is 43.7. The van der Waals surface area contributed by atoms with Crippen LogP contribution in [0.4, 0.5) is 18.9 Å². The number of halogens is 4. The summed E-state index contributed by atoms with van der Waals surface area (Å²) in [5.74, 6) is -0.361. The van der Waals surface area contributed by atoms with Gasteiger partial charge in [0.25, 0.3) is 0 Å². The minimum atomic E-state index is -4.55. The first-order valence-corrected chi connectivity index (χ1v) is 7.73. The van der Waals surface area contributed by atoms with Crippen molar-refractivity contribution in [2.45, 2.75) is 31.5 Å². The Balaban J connectivity index is 1.78. The molecular formula is C15H18ClF3N2O2. The molecule has 23 heavy (non-hydrogen) atoms. The van der Waals surface area contributed by atoms with Gasteiger partial charge in [0.05, 0.1) is 16.7 Å². The van der Waals surface area contributed by atoms with Crippen LogP contribution in [-0.4, -0.2) is 31.7 Å². The molecule has 0 spiro atoms. The van der Waals surface area contributed by atoms with Crippen LogP contribution in [-0.2, 0) is 15.7 Å².